The smallest absolute Gasteiger partial charge is 0.0623 e. The van der Waals surface area contributed by atoms with Crippen LogP contribution in [0.2, 0.25) is 0 Å². The molecule has 0 saturated carbocycles. The quantitative estimate of drug-likeness (QED) is 0.621. The maximum atomic E-state index is 5.75. The summed E-state index contributed by atoms with van der Waals surface area (Å²) < 4.78 is 5.48. The standard InChI is InChI=1S/C15H26N2OS/c1-15(2,18-3)9-8-12(17-16)14-10-11-6-4-5-7-13(11)19-14/h10,12,17H,4-9,16H2,1-3H3. The molecule has 2 rings (SSSR count). The van der Waals surface area contributed by atoms with E-state index in [1.807, 2.05) is 11.3 Å². The van der Waals surface area contributed by atoms with Gasteiger partial charge in [0.2, 0.25) is 0 Å². The molecule has 4 heteroatoms. The molecule has 1 atom stereocenters. The number of methoxy groups -OCH3 is 1. The topological polar surface area (TPSA) is 47.3 Å². The number of ether oxygens (including phenoxy) is 1. The molecule has 0 bridgehead atoms. The Bertz CT molecular complexity index is 391. The maximum Gasteiger partial charge on any atom is 0.0623 e. The zero-order valence-electron chi connectivity index (χ0n) is 12.3. The molecule has 0 aromatic carbocycles. The molecule has 1 aromatic heterocycles. The molecule has 0 amide bonds. The third-order valence-corrected chi connectivity index (χ3v) is 5.50. The van der Waals surface area contributed by atoms with Gasteiger partial charge < -0.3 is 4.74 Å². The summed E-state index contributed by atoms with van der Waals surface area (Å²) in [6.45, 7) is 4.25. The van der Waals surface area contributed by atoms with Crippen LogP contribution in [-0.2, 0) is 17.6 Å². The molecule has 0 saturated heterocycles. The van der Waals surface area contributed by atoms with Crippen molar-refractivity contribution < 1.29 is 4.74 Å². The molecule has 0 spiro atoms. The SMILES string of the molecule is COC(C)(C)CCC(NN)c1cc2c(s1)CCCC2. The average molecular weight is 282 g/mol. The van der Waals surface area contributed by atoms with E-state index in [2.05, 4.69) is 25.3 Å². The van der Waals surface area contributed by atoms with Gasteiger partial charge in [0.25, 0.3) is 0 Å². The summed E-state index contributed by atoms with van der Waals surface area (Å²) in [5, 5.41) is 0. The molecule has 108 valence electrons. The fourth-order valence-corrected chi connectivity index (χ4v) is 3.94. The van der Waals surface area contributed by atoms with E-state index in [-0.39, 0.29) is 11.6 Å². The molecule has 0 radical (unpaired) electrons. The van der Waals surface area contributed by atoms with Gasteiger partial charge in [0.1, 0.15) is 0 Å². The van der Waals surface area contributed by atoms with E-state index in [4.69, 9.17) is 10.6 Å². The van der Waals surface area contributed by atoms with E-state index in [1.54, 1.807) is 17.6 Å². The van der Waals surface area contributed by atoms with Crippen molar-refractivity contribution in [2.24, 2.45) is 5.84 Å². The van der Waals surface area contributed by atoms with Crippen LogP contribution in [0.15, 0.2) is 6.07 Å². The fraction of sp³-hybridized carbons (Fsp3) is 0.733. The van der Waals surface area contributed by atoms with Crippen molar-refractivity contribution in [2.45, 2.75) is 64.0 Å². The third kappa shape index (κ3) is 3.78. The van der Waals surface area contributed by atoms with Crippen LogP contribution in [0.5, 0.6) is 0 Å². The van der Waals surface area contributed by atoms with Crippen molar-refractivity contribution in [3.63, 3.8) is 0 Å². The summed E-state index contributed by atoms with van der Waals surface area (Å²) in [4.78, 5) is 2.97. The number of nitrogens with two attached hydrogens (primary N) is 1. The second kappa shape index (κ2) is 6.35. The molecule has 1 aliphatic carbocycles. The Kier molecular flexibility index (Phi) is 5.01. The van der Waals surface area contributed by atoms with Crippen LogP contribution in [0.1, 0.15) is 60.9 Å². The molecular formula is C15H26N2OS. The van der Waals surface area contributed by atoms with Crippen LogP contribution < -0.4 is 11.3 Å². The van der Waals surface area contributed by atoms with Gasteiger partial charge in [0.15, 0.2) is 0 Å². The van der Waals surface area contributed by atoms with Gasteiger partial charge in [0, 0.05) is 16.9 Å². The lowest BCUT2D eigenvalue weighted by Crippen LogP contribution is -2.30. The molecular weight excluding hydrogens is 256 g/mol. The van der Waals surface area contributed by atoms with E-state index in [9.17, 15) is 0 Å². The average Bonchev–Trinajstić information content (AvgIpc) is 2.83. The Morgan fingerprint density at radius 2 is 2.16 bits per heavy atom. The zero-order chi connectivity index (χ0) is 13.9. The minimum Gasteiger partial charge on any atom is -0.379 e. The molecule has 3 N–H and O–H groups in total. The highest BCUT2D eigenvalue weighted by Gasteiger charge is 2.22. The number of hydrogen-bond acceptors (Lipinski definition) is 4. The number of rotatable bonds is 6. The second-order valence-corrected chi connectivity index (χ2v) is 7.19. The summed E-state index contributed by atoms with van der Waals surface area (Å²) in [6, 6.07) is 2.62. The summed E-state index contributed by atoms with van der Waals surface area (Å²) in [5.41, 5.74) is 4.45. The summed E-state index contributed by atoms with van der Waals surface area (Å²) in [7, 11) is 1.77. The van der Waals surface area contributed by atoms with Gasteiger partial charge in [-0.05, 0) is 64.0 Å². The Hall–Kier alpha value is -0.420. The predicted molar refractivity (Wildman–Crippen MR) is 81.3 cm³/mol. The minimum atomic E-state index is -0.0774. The van der Waals surface area contributed by atoms with Gasteiger partial charge in [-0.3, -0.25) is 11.3 Å². The number of hydrazine groups is 1. The van der Waals surface area contributed by atoms with E-state index in [1.165, 1.54) is 30.6 Å². The molecule has 0 fully saturated rings. The van der Waals surface area contributed by atoms with Gasteiger partial charge in [-0.25, -0.2) is 0 Å². The van der Waals surface area contributed by atoms with Gasteiger partial charge in [0.05, 0.1) is 11.6 Å². The molecule has 1 aliphatic rings. The van der Waals surface area contributed by atoms with Crippen LogP contribution in [0.25, 0.3) is 0 Å². The summed E-state index contributed by atoms with van der Waals surface area (Å²) >= 11 is 1.94. The van der Waals surface area contributed by atoms with E-state index >= 15 is 0 Å². The molecule has 0 aliphatic heterocycles. The van der Waals surface area contributed by atoms with Crippen LogP contribution in [0.3, 0.4) is 0 Å². The van der Waals surface area contributed by atoms with Crippen LogP contribution in [0, 0.1) is 0 Å². The zero-order valence-corrected chi connectivity index (χ0v) is 13.1. The number of nitrogens with one attached hydrogen (secondary N) is 1. The van der Waals surface area contributed by atoms with Crippen LogP contribution in [-0.4, -0.2) is 12.7 Å². The number of fused-ring (bicyclic) bond motifs is 1. The van der Waals surface area contributed by atoms with Crippen molar-refractivity contribution in [3.8, 4) is 0 Å². The molecule has 1 heterocycles. The predicted octanol–water partition coefficient (Wildman–Crippen LogP) is 3.34. The van der Waals surface area contributed by atoms with Crippen LogP contribution in [0.4, 0.5) is 0 Å². The highest BCUT2D eigenvalue weighted by Crippen LogP contribution is 2.35. The van der Waals surface area contributed by atoms with Crippen LogP contribution >= 0.6 is 11.3 Å². The molecule has 1 aromatic rings. The first-order chi connectivity index (χ1) is 9.05. The Labute approximate surface area is 120 Å². The Morgan fingerprint density at radius 3 is 2.79 bits per heavy atom. The van der Waals surface area contributed by atoms with Crippen molar-refractivity contribution in [2.75, 3.05) is 7.11 Å². The van der Waals surface area contributed by atoms with Crippen molar-refractivity contribution in [1.29, 1.82) is 0 Å². The van der Waals surface area contributed by atoms with Gasteiger partial charge in [-0.1, -0.05) is 0 Å². The van der Waals surface area contributed by atoms with E-state index in [0.717, 1.165) is 12.8 Å². The normalized spacial score (nSPS) is 17.3. The number of hydrogen-bond donors (Lipinski definition) is 2. The van der Waals surface area contributed by atoms with Crippen molar-refractivity contribution in [1.82, 2.24) is 5.43 Å². The largest absolute Gasteiger partial charge is 0.379 e. The van der Waals surface area contributed by atoms with Gasteiger partial charge in [-0.15, -0.1) is 11.3 Å². The summed E-state index contributed by atoms with van der Waals surface area (Å²) in [6.07, 6.45) is 7.18. The van der Waals surface area contributed by atoms with Gasteiger partial charge in [-0.2, -0.15) is 0 Å². The molecule has 1 unspecified atom stereocenters. The van der Waals surface area contributed by atoms with E-state index in [0.29, 0.717) is 0 Å². The summed E-state index contributed by atoms with van der Waals surface area (Å²) in [5.74, 6) is 5.75. The highest BCUT2D eigenvalue weighted by molar-refractivity contribution is 7.12. The monoisotopic (exact) mass is 282 g/mol. The van der Waals surface area contributed by atoms with E-state index < -0.39 is 0 Å². The minimum absolute atomic E-state index is 0.0774. The lowest BCUT2D eigenvalue weighted by atomic mass is 9.96. The first-order valence-electron chi connectivity index (χ1n) is 7.18. The van der Waals surface area contributed by atoms with Crippen molar-refractivity contribution >= 4 is 11.3 Å². The second-order valence-electron chi connectivity index (χ2n) is 6.03. The van der Waals surface area contributed by atoms with Gasteiger partial charge >= 0.3 is 0 Å². The molecule has 19 heavy (non-hydrogen) atoms. The highest BCUT2D eigenvalue weighted by atomic mass is 32.1. The molecule has 3 nitrogen and oxygen atoms in total. The Balaban J connectivity index is 2.03. The van der Waals surface area contributed by atoms with Crippen molar-refractivity contribution in [3.05, 3.63) is 21.4 Å². The third-order valence-electron chi connectivity index (χ3n) is 4.15. The Morgan fingerprint density at radius 1 is 1.42 bits per heavy atom. The fourth-order valence-electron chi connectivity index (χ4n) is 2.59. The lowest BCUT2D eigenvalue weighted by molar-refractivity contribution is 0.0117. The lowest BCUT2D eigenvalue weighted by Gasteiger charge is -2.25. The number of thiophene rings is 1. The first kappa shape index (κ1) is 15.0. The number of aryl methyl sites for hydroxylation is 2. The first-order valence-corrected chi connectivity index (χ1v) is 8.00. The maximum absolute atomic E-state index is 5.75.